The van der Waals surface area contributed by atoms with Crippen molar-refractivity contribution in [1.82, 2.24) is 4.98 Å². The van der Waals surface area contributed by atoms with Crippen molar-refractivity contribution in [3.63, 3.8) is 0 Å². The van der Waals surface area contributed by atoms with Crippen LogP contribution in [0.3, 0.4) is 0 Å². The van der Waals surface area contributed by atoms with Crippen LogP contribution in [0.25, 0.3) is 0 Å². The normalized spacial score (nSPS) is 21.7. The number of nitrogens with one attached hydrogen (secondary N) is 1. The molecule has 0 radical (unpaired) electrons. The first-order valence-corrected chi connectivity index (χ1v) is 5.64. The molecular weight excluding hydrogens is 273 g/mol. The van der Waals surface area contributed by atoms with E-state index in [1.807, 2.05) is 19.1 Å². The summed E-state index contributed by atoms with van der Waals surface area (Å²) in [6.07, 6.45) is 4.37. The molecule has 0 saturated heterocycles. The fourth-order valence-electron chi connectivity index (χ4n) is 2.02. The van der Waals surface area contributed by atoms with Crippen LogP contribution < -0.4 is 11.1 Å². The van der Waals surface area contributed by atoms with Gasteiger partial charge >= 0.3 is 0 Å². The molecule has 1 aromatic rings. The number of hydrogen-bond acceptors (Lipinski definition) is 3. The number of halogens is 2. The standard InChI is InChI=1S/C12H17N3O.2ClH/c1-8-2-5-11(14-7-8)15-12(16)9-3-4-10(13)6-9;;/h2,5,7,9-10H,3-4,6,13H2,1H3,(H,14,15,16);2*1H. The number of carbonyl (C=O) groups excluding carboxylic acids is 1. The fraction of sp³-hybridized carbons (Fsp3) is 0.500. The molecule has 1 aromatic heterocycles. The van der Waals surface area contributed by atoms with Gasteiger partial charge in [-0.3, -0.25) is 4.79 Å². The Hall–Kier alpha value is -0.840. The molecule has 1 heterocycles. The average Bonchev–Trinajstić information content (AvgIpc) is 2.68. The first kappa shape index (κ1) is 17.2. The number of nitrogens with zero attached hydrogens (tertiary/aromatic N) is 1. The SMILES string of the molecule is Cc1ccc(NC(=O)C2CCC(N)C2)nc1.Cl.Cl. The van der Waals surface area contributed by atoms with E-state index in [0.29, 0.717) is 5.82 Å². The third-order valence-corrected chi connectivity index (χ3v) is 3.01. The maximum atomic E-state index is 11.8. The van der Waals surface area contributed by atoms with Gasteiger partial charge < -0.3 is 11.1 Å². The Morgan fingerprint density at radius 3 is 2.61 bits per heavy atom. The van der Waals surface area contributed by atoms with Gasteiger partial charge in [-0.15, -0.1) is 24.8 Å². The molecule has 2 atom stereocenters. The Bertz CT molecular complexity index is 383. The van der Waals surface area contributed by atoms with Crippen LogP contribution in [-0.4, -0.2) is 16.9 Å². The fourth-order valence-corrected chi connectivity index (χ4v) is 2.02. The first-order valence-electron chi connectivity index (χ1n) is 5.64. The minimum atomic E-state index is 0. The van der Waals surface area contributed by atoms with Crippen LogP contribution in [0, 0.1) is 12.8 Å². The molecule has 0 bridgehead atoms. The molecule has 0 spiro atoms. The van der Waals surface area contributed by atoms with E-state index in [4.69, 9.17) is 5.73 Å². The zero-order valence-corrected chi connectivity index (χ0v) is 11.9. The van der Waals surface area contributed by atoms with Gasteiger partial charge in [-0.2, -0.15) is 0 Å². The zero-order valence-electron chi connectivity index (χ0n) is 10.3. The van der Waals surface area contributed by atoms with Crippen LogP contribution in [0.4, 0.5) is 5.82 Å². The van der Waals surface area contributed by atoms with Crippen LogP contribution >= 0.6 is 24.8 Å². The highest BCUT2D eigenvalue weighted by atomic mass is 35.5. The van der Waals surface area contributed by atoms with Gasteiger partial charge in [0.1, 0.15) is 5.82 Å². The Morgan fingerprint density at radius 2 is 2.11 bits per heavy atom. The average molecular weight is 292 g/mol. The van der Waals surface area contributed by atoms with Crippen molar-refractivity contribution in [3.8, 4) is 0 Å². The molecule has 2 rings (SSSR count). The number of anilines is 1. The molecule has 3 N–H and O–H groups in total. The van der Waals surface area contributed by atoms with Gasteiger partial charge in [0.25, 0.3) is 0 Å². The van der Waals surface area contributed by atoms with E-state index in [-0.39, 0.29) is 42.7 Å². The summed E-state index contributed by atoms with van der Waals surface area (Å²) in [6, 6.07) is 3.94. The number of carbonyl (C=O) groups is 1. The minimum absolute atomic E-state index is 0. The van der Waals surface area contributed by atoms with Crippen molar-refractivity contribution >= 4 is 36.5 Å². The second kappa shape index (κ2) is 7.56. The summed E-state index contributed by atoms with van der Waals surface area (Å²) in [6.45, 7) is 1.97. The van der Waals surface area contributed by atoms with Gasteiger partial charge in [0.05, 0.1) is 0 Å². The lowest BCUT2D eigenvalue weighted by Crippen LogP contribution is -2.23. The van der Waals surface area contributed by atoms with Crippen molar-refractivity contribution in [2.75, 3.05) is 5.32 Å². The molecule has 2 unspecified atom stereocenters. The summed E-state index contributed by atoms with van der Waals surface area (Å²) in [5.74, 6) is 0.721. The number of pyridine rings is 1. The van der Waals surface area contributed by atoms with Gasteiger partial charge in [0.15, 0.2) is 0 Å². The lowest BCUT2D eigenvalue weighted by Gasteiger charge is -2.09. The first-order chi connectivity index (χ1) is 7.65. The molecule has 6 heteroatoms. The lowest BCUT2D eigenvalue weighted by molar-refractivity contribution is -0.119. The van der Waals surface area contributed by atoms with E-state index in [2.05, 4.69) is 10.3 Å². The molecular formula is C12H19Cl2N3O. The minimum Gasteiger partial charge on any atom is -0.328 e. The summed E-state index contributed by atoms with van der Waals surface area (Å²) in [7, 11) is 0. The molecule has 1 aliphatic carbocycles. The molecule has 1 aliphatic rings. The number of amides is 1. The number of rotatable bonds is 2. The van der Waals surface area contributed by atoms with Gasteiger partial charge in [-0.1, -0.05) is 6.07 Å². The Kier molecular flexibility index (Phi) is 7.21. The molecule has 102 valence electrons. The molecule has 18 heavy (non-hydrogen) atoms. The van der Waals surface area contributed by atoms with Crippen molar-refractivity contribution < 1.29 is 4.79 Å². The van der Waals surface area contributed by atoms with E-state index in [0.717, 1.165) is 24.8 Å². The molecule has 4 nitrogen and oxygen atoms in total. The summed E-state index contributed by atoms with van der Waals surface area (Å²) < 4.78 is 0. The summed E-state index contributed by atoms with van der Waals surface area (Å²) in [5.41, 5.74) is 6.86. The van der Waals surface area contributed by atoms with Crippen LogP contribution in [0.15, 0.2) is 18.3 Å². The highest BCUT2D eigenvalue weighted by Crippen LogP contribution is 2.25. The van der Waals surface area contributed by atoms with Crippen LogP contribution in [0.2, 0.25) is 0 Å². The maximum Gasteiger partial charge on any atom is 0.228 e. The number of nitrogens with two attached hydrogens (primary N) is 1. The molecule has 1 amide bonds. The van der Waals surface area contributed by atoms with Crippen molar-refractivity contribution in [3.05, 3.63) is 23.9 Å². The highest BCUT2D eigenvalue weighted by molar-refractivity contribution is 5.91. The highest BCUT2D eigenvalue weighted by Gasteiger charge is 2.27. The molecule has 1 saturated carbocycles. The number of aromatic nitrogens is 1. The van der Waals surface area contributed by atoms with Crippen LogP contribution in [-0.2, 0) is 4.79 Å². The summed E-state index contributed by atoms with van der Waals surface area (Å²) in [4.78, 5) is 16.0. The molecule has 0 aliphatic heterocycles. The van der Waals surface area contributed by atoms with Crippen molar-refractivity contribution in [2.24, 2.45) is 11.7 Å². The van der Waals surface area contributed by atoms with E-state index in [1.165, 1.54) is 0 Å². The summed E-state index contributed by atoms with van der Waals surface area (Å²) in [5, 5.41) is 2.83. The largest absolute Gasteiger partial charge is 0.328 e. The molecule has 0 aromatic carbocycles. The zero-order chi connectivity index (χ0) is 11.5. The quantitative estimate of drug-likeness (QED) is 0.879. The second-order valence-corrected chi connectivity index (χ2v) is 4.48. The monoisotopic (exact) mass is 291 g/mol. The Labute approximate surface area is 120 Å². The Morgan fingerprint density at radius 1 is 1.39 bits per heavy atom. The van der Waals surface area contributed by atoms with E-state index >= 15 is 0 Å². The van der Waals surface area contributed by atoms with Crippen molar-refractivity contribution in [1.29, 1.82) is 0 Å². The van der Waals surface area contributed by atoms with E-state index in [9.17, 15) is 4.79 Å². The summed E-state index contributed by atoms with van der Waals surface area (Å²) >= 11 is 0. The van der Waals surface area contributed by atoms with Crippen molar-refractivity contribution in [2.45, 2.75) is 32.2 Å². The lowest BCUT2D eigenvalue weighted by atomic mass is 10.1. The van der Waals surface area contributed by atoms with E-state index < -0.39 is 0 Å². The predicted octanol–water partition coefficient (Wildman–Crippen LogP) is 2.30. The third-order valence-electron chi connectivity index (χ3n) is 3.01. The Balaban J connectivity index is 0.00000144. The third kappa shape index (κ3) is 4.44. The number of hydrogen-bond donors (Lipinski definition) is 2. The number of aryl methyl sites for hydroxylation is 1. The van der Waals surface area contributed by atoms with Gasteiger partial charge in [-0.05, 0) is 37.8 Å². The van der Waals surface area contributed by atoms with Crippen LogP contribution in [0.5, 0.6) is 0 Å². The van der Waals surface area contributed by atoms with Gasteiger partial charge in [-0.25, -0.2) is 4.98 Å². The predicted molar refractivity (Wildman–Crippen MR) is 77.4 cm³/mol. The topological polar surface area (TPSA) is 68.0 Å². The van der Waals surface area contributed by atoms with E-state index in [1.54, 1.807) is 6.20 Å². The second-order valence-electron chi connectivity index (χ2n) is 4.48. The van der Waals surface area contributed by atoms with Gasteiger partial charge in [0, 0.05) is 18.2 Å². The van der Waals surface area contributed by atoms with Crippen LogP contribution in [0.1, 0.15) is 24.8 Å². The van der Waals surface area contributed by atoms with Gasteiger partial charge in [0.2, 0.25) is 5.91 Å². The maximum absolute atomic E-state index is 11.8. The molecule has 1 fully saturated rings. The smallest absolute Gasteiger partial charge is 0.228 e.